The van der Waals surface area contributed by atoms with Crippen LogP contribution in [0.5, 0.6) is 0 Å². The zero-order chi connectivity index (χ0) is 71.1. The smallest absolute Gasteiger partial charge is 0.462 e. The summed E-state index contributed by atoms with van der Waals surface area (Å²) in [5.74, 6) is -2.13. The Morgan fingerprint density at radius 2 is 0.412 bits per heavy atom. The Labute approximate surface area is 594 Å². The second kappa shape index (κ2) is 72.4. The van der Waals surface area contributed by atoms with E-state index in [2.05, 4.69) is 27.7 Å². The van der Waals surface area contributed by atoms with Crippen LogP contribution in [-0.2, 0) is 65.4 Å². The lowest BCUT2D eigenvalue weighted by molar-refractivity contribution is -0.161. The van der Waals surface area contributed by atoms with Crippen molar-refractivity contribution in [3.63, 3.8) is 0 Å². The first kappa shape index (κ1) is 95.1. The molecule has 0 spiro atoms. The number of phosphoric ester groups is 2. The van der Waals surface area contributed by atoms with Gasteiger partial charge >= 0.3 is 39.5 Å². The van der Waals surface area contributed by atoms with Gasteiger partial charge in [0.1, 0.15) is 19.3 Å². The zero-order valence-electron chi connectivity index (χ0n) is 63.1. The van der Waals surface area contributed by atoms with E-state index in [1.54, 1.807) is 0 Å². The average molecular weight is 1420 g/mol. The highest BCUT2D eigenvalue weighted by molar-refractivity contribution is 7.47. The quantitative estimate of drug-likeness (QED) is 0.0222. The highest BCUT2D eigenvalue weighted by atomic mass is 31.2. The van der Waals surface area contributed by atoms with Crippen LogP contribution in [0.3, 0.4) is 0 Å². The van der Waals surface area contributed by atoms with E-state index in [0.717, 1.165) is 103 Å². The number of aliphatic hydroxyl groups excluding tert-OH is 1. The van der Waals surface area contributed by atoms with Crippen molar-refractivity contribution >= 4 is 39.5 Å². The number of ether oxygens (including phenoxy) is 4. The van der Waals surface area contributed by atoms with Crippen LogP contribution < -0.4 is 0 Å². The monoisotopic (exact) mass is 1420 g/mol. The van der Waals surface area contributed by atoms with Crippen LogP contribution in [-0.4, -0.2) is 96.7 Å². The summed E-state index contributed by atoms with van der Waals surface area (Å²) in [6, 6.07) is 0. The number of esters is 4. The molecule has 0 aliphatic heterocycles. The topological polar surface area (TPSA) is 237 Å². The van der Waals surface area contributed by atoms with Gasteiger partial charge in [-0.2, -0.15) is 0 Å². The molecule has 3 N–H and O–H groups in total. The predicted octanol–water partition coefficient (Wildman–Crippen LogP) is 23.4. The fourth-order valence-corrected chi connectivity index (χ4v) is 13.7. The van der Waals surface area contributed by atoms with E-state index in [-0.39, 0.29) is 25.7 Å². The van der Waals surface area contributed by atoms with E-state index in [4.69, 9.17) is 37.0 Å². The van der Waals surface area contributed by atoms with E-state index >= 15 is 0 Å². The summed E-state index contributed by atoms with van der Waals surface area (Å²) >= 11 is 0. The summed E-state index contributed by atoms with van der Waals surface area (Å²) in [7, 11) is -9.89. The van der Waals surface area contributed by atoms with Gasteiger partial charge in [0.2, 0.25) is 0 Å². The van der Waals surface area contributed by atoms with Crippen molar-refractivity contribution in [3.8, 4) is 0 Å². The highest BCUT2D eigenvalue weighted by Crippen LogP contribution is 2.45. The molecule has 0 fully saturated rings. The second-order valence-electron chi connectivity index (χ2n) is 28.1. The lowest BCUT2D eigenvalue weighted by atomic mass is 10.0. The summed E-state index contributed by atoms with van der Waals surface area (Å²) in [6.07, 6.45) is 64.8. The van der Waals surface area contributed by atoms with Crippen LogP contribution in [0.1, 0.15) is 419 Å². The van der Waals surface area contributed by atoms with Crippen molar-refractivity contribution < 1.29 is 80.2 Å². The van der Waals surface area contributed by atoms with Crippen LogP contribution in [0, 0.1) is 0 Å². The molecule has 0 aliphatic carbocycles. The van der Waals surface area contributed by atoms with Crippen LogP contribution in [0.15, 0.2) is 0 Å². The van der Waals surface area contributed by atoms with E-state index in [0.29, 0.717) is 25.7 Å². The number of carbonyl (C=O) groups excluding carboxylic acids is 4. The Hall–Kier alpha value is -1.94. The molecular weight excluding hydrogens is 1270 g/mol. The van der Waals surface area contributed by atoms with Crippen molar-refractivity contribution in [1.29, 1.82) is 0 Å². The molecular formula is C78H152O17P2. The standard InChI is InChI=1S/C78H152O17P2/c1-5-9-13-17-20-23-25-27-29-31-33-35-37-39-41-43-45-47-49-52-55-59-63-76(81)89-69-74(95-78(83)65-61-57-53-50-48-46-44-42-40-38-36-34-32-30-28-26-24-21-18-14-10-6-2)71-93-97(86,87)91-67-72(79)66-90-96(84,85)92-70-73(68-88-75(80)62-58-54-16-12-8-4)94-77(82)64-60-56-51-22-19-15-11-7-3/h72-74,79H,5-71H2,1-4H3,(H,84,85)(H,86,87)/t72-,73+,74+/m0/s1. The van der Waals surface area contributed by atoms with E-state index in [1.807, 2.05) is 0 Å². The number of hydrogen-bond acceptors (Lipinski definition) is 15. The molecule has 17 nitrogen and oxygen atoms in total. The Morgan fingerprint density at radius 3 is 0.608 bits per heavy atom. The third-order valence-electron chi connectivity index (χ3n) is 18.4. The maximum Gasteiger partial charge on any atom is 0.472 e. The summed E-state index contributed by atoms with van der Waals surface area (Å²) in [4.78, 5) is 72.4. The Balaban J connectivity index is 5.04. The van der Waals surface area contributed by atoms with Crippen LogP contribution in [0.25, 0.3) is 0 Å². The first-order valence-electron chi connectivity index (χ1n) is 40.8. The fraction of sp³-hybridized carbons (Fsp3) is 0.949. The lowest BCUT2D eigenvalue weighted by Gasteiger charge is -2.21. The van der Waals surface area contributed by atoms with Gasteiger partial charge in [0.25, 0.3) is 0 Å². The van der Waals surface area contributed by atoms with Crippen LogP contribution >= 0.6 is 15.6 Å². The van der Waals surface area contributed by atoms with Crippen LogP contribution in [0.2, 0.25) is 0 Å². The van der Waals surface area contributed by atoms with Gasteiger partial charge in [0.15, 0.2) is 12.2 Å². The molecule has 0 rings (SSSR count). The Morgan fingerprint density at radius 1 is 0.247 bits per heavy atom. The molecule has 0 saturated heterocycles. The van der Waals surface area contributed by atoms with E-state index < -0.39 is 97.5 Å². The maximum absolute atomic E-state index is 13.1. The number of carbonyl (C=O) groups is 4. The first-order chi connectivity index (χ1) is 47.2. The highest BCUT2D eigenvalue weighted by Gasteiger charge is 2.30. The molecule has 0 radical (unpaired) electrons. The molecule has 2 unspecified atom stereocenters. The molecule has 5 atom stereocenters. The third kappa shape index (κ3) is 72.2. The normalized spacial score (nSPS) is 13.8. The fourth-order valence-electron chi connectivity index (χ4n) is 12.1. The Bertz CT molecular complexity index is 1840. The Kier molecular flexibility index (Phi) is 71.0. The van der Waals surface area contributed by atoms with Gasteiger partial charge in [-0.1, -0.05) is 368 Å². The van der Waals surface area contributed by atoms with Gasteiger partial charge in [0.05, 0.1) is 26.4 Å². The maximum atomic E-state index is 13.1. The van der Waals surface area contributed by atoms with Gasteiger partial charge < -0.3 is 33.8 Å². The van der Waals surface area contributed by atoms with Gasteiger partial charge in [-0.3, -0.25) is 37.3 Å². The average Bonchev–Trinajstić information content (AvgIpc) is 1.45. The summed E-state index contributed by atoms with van der Waals surface area (Å²) in [5, 5.41) is 10.6. The van der Waals surface area contributed by atoms with Gasteiger partial charge in [-0.05, 0) is 25.7 Å². The minimum atomic E-state index is -4.95. The molecule has 19 heteroatoms. The summed E-state index contributed by atoms with van der Waals surface area (Å²) < 4.78 is 68.2. The summed E-state index contributed by atoms with van der Waals surface area (Å²) in [5.41, 5.74) is 0. The van der Waals surface area contributed by atoms with Crippen molar-refractivity contribution in [2.75, 3.05) is 39.6 Å². The zero-order valence-corrected chi connectivity index (χ0v) is 64.8. The number of unbranched alkanes of at least 4 members (excludes halogenated alkanes) is 53. The molecule has 97 heavy (non-hydrogen) atoms. The van der Waals surface area contributed by atoms with Crippen molar-refractivity contribution in [2.24, 2.45) is 0 Å². The largest absolute Gasteiger partial charge is 0.472 e. The van der Waals surface area contributed by atoms with Crippen LogP contribution in [0.4, 0.5) is 0 Å². The van der Waals surface area contributed by atoms with E-state index in [9.17, 15) is 43.2 Å². The number of hydrogen-bond donors (Lipinski definition) is 3. The third-order valence-corrected chi connectivity index (χ3v) is 20.3. The van der Waals surface area contributed by atoms with Crippen molar-refractivity contribution in [1.82, 2.24) is 0 Å². The molecule has 576 valence electrons. The number of phosphoric acid groups is 2. The minimum absolute atomic E-state index is 0.105. The van der Waals surface area contributed by atoms with Crippen molar-refractivity contribution in [2.45, 2.75) is 438 Å². The SMILES string of the molecule is CCCCCCCCCCCCCCCCCCCCCCCCC(=O)OC[C@H](COP(=O)(O)OC[C@@H](O)COP(=O)(O)OC[C@@H](COC(=O)CCCCCCC)OC(=O)CCCCCCCCCC)OC(=O)CCCCCCCCCCCCCCCCCCCCCCCC. The first-order valence-corrected chi connectivity index (χ1v) is 43.8. The molecule has 0 amide bonds. The molecule has 0 aromatic carbocycles. The summed E-state index contributed by atoms with van der Waals surface area (Å²) in [6.45, 7) is 4.86. The van der Waals surface area contributed by atoms with Gasteiger partial charge in [-0.15, -0.1) is 0 Å². The molecule has 0 aromatic heterocycles. The molecule has 0 bridgehead atoms. The molecule has 0 aromatic rings. The van der Waals surface area contributed by atoms with Gasteiger partial charge in [0, 0.05) is 25.7 Å². The van der Waals surface area contributed by atoms with Gasteiger partial charge in [-0.25, -0.2) is 9.13 Å². The second-order valence-corrected chi connectivity index (χ2v) is 31.0. The number of aliphatic hydroxyl groups is 1. The number of rotatable bonds is 79. The minimum Gasteiger partial charge on any atom is -0.462 e. The molecule has 0 heterocycles. The van der Waals surface area contributed by atoms with E-state index in [1.165, 1.54) is 238 Å². The lowest BCUT2D eigenvalue weighted by Crippen LogP contribution is -2.30. The van der Waals surface area contributed by atoms with Crippen molar-refractivity contribution in [3.05, 3.63) is 0 Å². The molecule has 0 aliphatic rings. The predicted molar refractivity (Wildman–Crippen MR) is 395 cm³/mol. The molecule has 0 saturated carbocycles.